The molecule has 0 spiro atoms. The van der Waals surface area contributed by atoms with Crippen molar-refractivity contribution >= 4 is 29.2 Å². The van der Waals surface area contributed by atoms with Gasteiger partial charge in [-0.1, -0.05) is 110 Å². The Kier molecular flexibility index (Phi) is 12.5. The molecule has 0 amide bonds. The van der Waals surface area contributed by atoms with Gasteiger partial charge in [0.15, 0.2) is 0 Å². The van der Waals surface area contributed by atoms with Gasteiger partial charge in [0.2, 0.25) is 6.71 Å². The number of hydrogen-bond donors (Lipinski definition) is 1. The van der Waals surface area contributed by atoms with Gasteiger partial charge in [-0.25, -0.2) is 9.37 Å². The van der Waals surface area contributed by atoms with Crippen LogP contribution in [0.3, 0.4) is 0 Å². The average molecular weight is 453 g/mol. The first kappa shape index (κ1) is 25.9. The number of nitrogens with zero attached hydrogens (tertiary/aromatic N) is 1. The van der Waals surface area contributed by atoms with E-state index in [1.165, 1.54) is 49.2 Å². The highest BCUT2D eigenvalue weighted by Gasteiger charge is 2.17. The van der Waals surface area contributed by atoms with Crippen LogP contribution in [0.1, 0.15) is 45.2 Å². The number of aromatic nitrogens is 2. The third kappa shape index (κ3) is 9.87. The minimum absolute atomic E-state index is 0.266. The van der Waals surface area contributed by atoms with E-state index in [1.807, 2.05) is 48.7 Å². The summed E-state index contributed by atoms with van der Waals surface area (Å²) >= 11 is 5.93. The summed E-state index contributed by atoms with van der Waals surface area (Å²) in [6.07, 6.45) is 13.6. The summed E-state index contributed by atoms with van der Waals surface area (Å²) in [5.74, 6) is 0. The molecule has 1 aromatic heterocycles. The lowest BCUT2D eigenvalue weighted by atomic mass is 9.39. The molecule has 2 atom stereocenters. The largest absolute Gasteiger partial charge is 0.348 e. The van der Waals surface area contributed by atoms with E-state index >= 15 is 0 Å². The summed E-state index contributed by atoms with van der Waals surface area (Å²) < 4.78 is 13.1. The molecule has 3 rings (SSSR count). The first-order valence-corrected chi connectivity index (χ1v) is 12.1. The van der Waals surface area contributed by atoms with Crippen molar-refractivity contribution in [2.24, 2.45) is 0 Å². The van der Waals surface area contributed by atoms with Crippen LogP contribution in [0.15, 0.2) is 85.3 Å². The van der Waals surface area contributed by atoms with Gasteiger partial charge in [-0.15, -0.1) is 11.6 Å². The lowest BCUT2D eigenvalue weighted by Crippen LogP contribution is -2.41. The van der Waals surface area contributed by atoms with Crippen molar-refractivity contribution in [3.8, 4) is 0 Å². The summed E-state index contributed by atoms with van der Waals surface area (Å²) in [4.78, 5) is 7.07. The van der Waals surface area contributed by atoms with Gasteiger partial charge in [0.1, 0.15) is 6.17 Å². The number of hydrogen-bond acceptors (Lipinski definition) is 1. The quantitative estimate of drug-likeness (QED) is 0.156. The van der Waals surface area contributed by atoms with E-state index in [0.29, 0.717) is 0 Å². The molecule has 0 bridgehead atoms. The Balaban J connectivity index is 0.000000278. The highest BCUT2D eigenvalue weighted by Crippen LogP contribution is 2.09. The van der Waals surface area contributed by atoms with Gasteiger partial charge < -0.3 is 4.98 Å². The lowest BCUT2D eigenvalue weighted by Gasteiger charge is -2.13. The average Bonchev–Trinajstić information content (AvgIpc) is 3.34. The highest BCUT2D eigenvalue weighted by atomic mass is 35.5. The Labute approximate surface area is 198 Å². The zero-order valence-corrected chi connectivity index (χ0v) is 20.0. The van der Waals surface area contributed by atoms with Crippen LogP contribution < -0.4 is 10.9 Å². The van der Waals surface area contributed by atoms with E-state index in [2.05, 4.69) is 41.2 Å². The van der Waals surface area contributed by atoms with Gasteiger partial charge in [-0.3, -0.25) is 0 Å². The van der Waals surface area contributed by atoms with Gasteiger partial charge in [0.25, 0.3) is 0 Å². The fraction of sp³-hybridized carbons (Fsp3) is 0.370. The Bertz CT molecular complexity index is 814. The van der Waals surface area contributed by atoms with Crippen molar-refractivity contribution in [1.29, 1.82) is 0 Å². The maximum atomic E-state index is 13.1. The molecule has 2 unspecified atom stereocenters. The Morgan fingerprint density at radius 3 is 2.12 bits per heavy atom. The Morgan fingerprint density at radius 1 is 1.00 bits per heavy atom. The van der Waals surface area contributed by atoms with Gasteiger partial charge in [0.05, 0.1) is 11.7 Å². The van der Waals surface area contributed by atoms with Crippen LogP contribution in [-0.4, -0.2) is 28.2 Å². The maximum absolute atomic E-state index is 13.1. The topological polar surface area (TPSA) is 28.7 Å². The van der Waals surface area contributed by atoms with Gasteiger partial charge >= 0.3 is 0 Å². The van der Waals surface area contributed by atoms with E-state index in [4.69, 9.17) is 11.6 Å². The molecule has 0 aliphatic heterocycles. The molecule has 0 radical (unpaired) electrons. The molecule has 0 saturated heterocycles. The van der Waals surface area contributed by atoms with E-state index < -0.39 is 11.5 Å². The molecular formula is C27H35BClFN2. The third-order valence-corrected chi connectivity index (χ3v) is 5.88. The smallest absolute Gasteiger partial charge is 0.213 e. The molecular weight excluding hydrogens is 418 g/mol. The number of unbranched alkanes of at least 4 members (excludes halogenated alkanes) is 3. The van der Waals surface area contributed by atoms with Crippen molar-refractivity contribution in [3.05, 3.63) is 91.0 Å². The van der Waals surface area contributed by atoms with Crippen LogP contribution in [0.25, 0.3) is 0 Å². The molecule has 5 heteroatoms. The predicted octanol–water partition coefficient (Wildman–Crippen LogP) is 6.35. The maximum Gasteiger partial charge on any atom is 0.213 e. The monoisotopic (exact) mass is 452 g/mol. The number of aromatic amines is 1. The van der Waals surface area contributed by atoms with Crippen molar-refractivity contribution in [2.75, 3.05) is 0 Å². The number of H-pyrrole nitrogens is 1. The number of alkyl halides is 2. The molecule has 0 saturated carbocycles. The predicted molar refractivity (Wildman–Crippen MR) is 138 cm³/mol. The number of halogens is 2. The number of benzene rings is 2. The normalized spacial score (nSPS) is 12.8. The standard InChI is InChI=1S/C18H19BClF.C9H16N2/c1-15(21)18(20)13-8-14-19(16-9-4-2-5-10-16)17-11-6-3-7-12-17;1-2-3-4-5-6-9-7-10-8-11-9/h2-13,15,18H,14H2,1H3;7-8H,2-6H2,1H3,(H,10,11). The summed E-state index contributed by atoms with van der Waals surface area (Å²) in [5.41, 5.74) is 3.78. The Morgan fingerprint density at radius 2 is 1.62 bits per heavy atom. The number of nitrogens with one attached hydrogen (secondary N) is 1. The molecule has 3 aromatic rings. The molecule has 32 heavy (non-hydrogen) atoms. The summed E-state index contributed by atoms with van der Waals surface area (Å²) in [6, 6.07) is 20.7. The Hall–Kier alpha value is -2.33. The molecule has 0 aliphatic rings. The highest BCUT2D eigenvalue weighted by molar-refractivity contribution is 6.85. The van der Waals surface area contributed by atoms with Crippen molar-refractivity contribution < 1.29 is 4.39 Å². The second-order valence-electron chi connectivity index (χ2n) is 8.05. The molecule has 2 nitrogen and oxygen atoms in total. The first-order valence-electron chi connectivity index (χ1n) is 11.6. The number of aryl methyl sites for hydroxylation is 1. The van der Waals surface area contributed by atoms with Gasteiger partial charge in [-0.05, 0) is 26.1 Å². The molecule has 170 valence electrons. The fourth-order valence-corrected chi connectivity index (χ4v) is 3.60. The second-order valence-corrected chi connectivity index (χ2v) is 8.55. The van der Waals surface area contributed by atoms with Crippen LogP contribution in [-0.2, 0) is 6.42 Å². The second kappa shape index (κ2) is 15.5. The van der Waals surface area contributed by atoms with Gasteiger partial charge in [-0.2, -0.15) is 0 Å². The van der Waals surface area contributed by atoms with E-state index in [-0.39, 0.29) is 6.71 Å². The zero-order valence-electron chi connectivity index (χ0n) is 19.3. The molecule has 0 fully saturated rings. The van der Waals surface area contributed by atoms with Crippen LogP contribution in [0.4, 0.5) is 4.39 Å². The molecule has 0 aliphatic carbocycles. The van der Waals surface area contributed by atoms with Gasteiger partial charge in [0, 0.05) is 11.9 Å². The lowest BCUT2D eigenvalue weighted by molar-refractivity contribution is 0.369. The van der Waals surface area contributed by atoms with E-state index in [0.717, 1.165) is 12.7 Å². The third-order valence-electron chi connectivity index (χ3n) is 5.39. The SMILES string of the molecule is CC(F)C(Cl)C=CCB(c1ccccc1)c1ccccc1.CCCCCCc1cnc[nH]1. The van der Waals surface area contributed by atoms with Crippen LogP contribution in [0.5, 0.6) is 0 Å². The van der Waals surface area contributed by atoms with Crippen molar-refractivity contribution in [3.63, 3.8) is 0 Å². The molecule has 2 aromatic carbocycles. The van der Waals surface area contributed by atoms with Crippen LogP contribution in [0, 0.1) is 0 Å². The van der Waals surface area contributed by atoms with Crippen LogP contribution in [0.2, 0.25) is 6.32 Å². The minimum Gasteiger partial charge on any atom is -0.348 e. The fourth-order valence-electron chi connectivity index (χ4n) is 3.50. The molecule has 1 N–H and O–H groups in total. The van der Waals surface area contributed by atoms with E-state index in [1.54, 1.807) is 12.4 Å². The summed E-state index contributed by atoms with van der Waals surface area (Å²) in [5, 5.41) is -0.558. The first-order chi connectivity index (χ1) is 15.6. The molecule has 1 heterocycles. The minimum atomic E-state index is -1.03. The van der Waals surface area contributed by atoms with Crippen molar-refractivity contribution in [1.82, 2.24) is 9.97 Å². The summed E-state index contributed by atoms with van der Waals surface area (Å²) in [7, 11) is 0. The van der Waals surface area contributed by atoms with Crippen molar-refractivity contribution in [2.45, 2.75) is 63.8 Å². The van der Waals surface area contributed by atoms with Crippen LogP contribution >= 0.6 is 11.6 Å². The summed E-state index contributed by atoms with van der Waals surface area (Å²) in [6.45, 7) is 3.98. The zero-order chi connectivity index (χ0) is 23.0. The number of imidazole rings is 1. The van der Waals surface area contributed by atoms with E-state index in [9.17, 15) is 4.39 Å². The number of allylic oxidation sites excluding steroid dienone is 2. The number of rotatable bonds is 11.